The van der Waals surface area contributed by atoms with Gasteiger partial charge in [0.05, 0.1) is 5.69 Å². The lowest BCUT2D eigenvalue weighted by Gasteiger charge is -2.10. The average molecular weight is 335 g/mol. The minimum atomic E-state index is -0.194. The number of hydrogen-bond acceptors (Lipinski definition) is 5. The molecule has 0 saturated carbocycles. The van der Waals surface area contributed by atoms with E-state index in [0.29, 0.717) is 30.3 Å². The van der Waals surface area contributed by atoms with E-state index in [1.807, 2.05) is 28.8 Å². The molecule has 0 radical (unpaired) electrons. The Bertz CT molecular complexity index is 938. The Labute approximate surface area is 144 Å². The van der Waals surface area contributed by atoms with Crippen molar-refractivity contribution in [2.24, 2.45) is 5.92 Å². The molecule has 8 heteroatoms. The summed E-state index contributed by atoms with van der Waals surface area (Å²) in [5.74, 6) is 0.118. The maximum atomic E-state index is 12.4. The molecular formula is C17H17N7O. The van der Waals surface area contributed by atoms with Gasteiger partial charge in [0.1, 0.15) is 11.3 Å². The van der Waals surface area contributed by atoms with E-state index in [2.05, 4.69) is 26.7 Å². The number of hydrogen-bond donors (Lipinski definition) is 2. The summed E-state index contributed by atoms with van der Waals surface area (Å²) in [6.07, 6.45) is 8.45. The number of fused-ring (bicyclic) bond motifs is 1. The van der Waals surface area contributed by atoms with Crippen LogP contribution in [-0.2, 0) is 0 Å². The third kappa shape index (κ3) is 3.04. The molecule has 0 spiro atoms. The van der Waals surface area contributed by atoms with E-state index < -0.39 is 0 Å². The van der Waals surface area contributed by atoms with Gasteiger partial charge in [0.15, 0.2) is 6.19 Å². The van der Waals surface area contributed by atoms with Crippen molar-refractivity contribution in [1.29, 1.82) is 5.26 Å². The molecule has 25 heavy (non-hydrogen) atoms. The van der Waals surface area contributed by atoms with Crippen molar-refractivity contribution < 1.29 is 4.79 Å². The fraction of sp³-hybridized carbons (Fsp3) is 0.294. The van der Waals surface area contributed by atoms with E-state index >= 15 is 0 Å². The van der Waals surface area contributed by atoms with E-state index in [-0.39, 0.29) is 5.91 Å². The number of rotatable bonds is 4. The van der Waals surface area contributed by atoms with Crippen molar-refractivity contribution in [3.8, 4) is 17.5 Å². The van der Waals surface area contributed by atoms with Gasteiger partial charge in [-0.1, -0.05) is 0 Å². The molecule has 1 unspecified atom stereocenters. The lowest BCUT2D eigenvalue weighted by molar-refractivity contribution is 0.0943. The highest BCUT2D eigenvalue weighted by Crippen LogP contribution is 2.18. The Morgan fingerprint density at radius 2 is 2.32 bits per heavy atom. The molecule has 1 aliphatic heterocycles. The first-order chi connectivity index (χ1) is 12.2. The Hall–Kier alpha value is -3.34. The van der Waals surface area contributed by atoms with Crippen LogP contribution in [0, 0.1) is 17.4 Å². The lowest BCUT2D eigenvalue weighted by Crippen LogP contribution is -2.30. The minimum Gasteiger partial charge on any atom is -0.350 e. The molecule has 126 valence electrons. The first-order valence-corrected chi connectivity index (χ1v) is 8.15. The van der Waals surface area contributed by atoms with E-state index in [1.54, 1.807) is 17.3 Å². The van der Waals surface area contributed by atoms with E-state index in [1.165, 1.54) is 0 Å². The molecule has 3 aromatic rings. The van der Waals surface area contributed by atoms with Gasteiger partial charge in [-0.2, -0.15) is 10.4 Å². The Balaban J connectivity index is 1.46. The molecule has 0 bridgehead atoms. The molecule has 2 N–H and O–H groups in total. The minimum absolute atomic E-state index is 0.194. The number of carbonyl (C=O) groups is 1. The molecule has 3 aromatic heterocycles. The van der Waals surface area contributed by atoms with Crippen LogP contribution in [0.4, 0.5) is 0 Å². The number of nitrogens with zero attached hydrogens (tertiary/aromatic N) is 5. The maximum Gasteiger partial charge on any atom is 0.271 e. The number of nitriles is 1. The summed E-state index contributed by atoms with van der Waals surface area (Å²) in [6.45, 7) is 2.03. The second kappa shape index (κ2) is 6.28. The predicted octanol–water partition coefficient (Wildman–Crippen LogP) is 1.26. The van der Waals surface area contributed by atoms with Gasteiger partial charge >= 0.3 is 0 Å². The van der Waals surface area contributed by atoms with Crippen LogP contribution in [0.1, 0.15) is 16.9 Å². The maximum absolute atomic E-state index is 12.4. The van der Waals surface area contributed by atoms with Crippen molar-refractivity contribution in [1.82, 2.24) is 29.8 Å². The van der Waals surface area contributed by atoms with Gasteiger partial charge in [-0.3, -0.25) is 9.89 Å². The van der Waals surface area contributed by atoms with Gasteiger partial charge in [0, 0.05) is 43.8 Å². The first-order valence-electron chi connectivity index (χ1n) is 8.15. The standard InChI is InChI=1S/C17H17N7O/c18-11-23-6-4-12(8-23)7-19-17(25)15-10-24-9-13(1-2-16(24)21-15)14-3-5-20-22-14/h1-3,5,9-10,12H,4,6-8H2,(H,19,25)(H,20,22). The number of amides is 1. The number of pyridine rings is 1. The van der Waals surface area contributed by atoms with Gasteiger partial charge < -0.3 is 14.6 Å². The fourth-order valence-corrected chi connectivity index (χ4v) is 3.09. The number of imidazole rings is 1. The summed E-state index contributed by atoms with van der Waals surface area (Å²) in [4.78, 5) is 18.4. The molecule has 1 fully saturated rings. The zero-order valence-corrected chi connectivity index (χ0v) is 13.5. The Morgan fingerprint density at radius 3 is 3.08 bits per heavy atom. The largest absolute Gasteiger partial charge is 0.350 e. The van der Waals surface area contributed by atoms with Crippen LogP contribution < -0.4 is 5.32 Å². The van der Waals surface area contributed by atoms with Crippen molar-refractivity contribution >= 4 is 11.6 Å². The second-order valence-electron chi connectivity index (χ2n) is 6.18. The molecule has 1 saturated heterocycles. The van der Waals surface area contributed by atoms with Gasteiger partial charge in [0.2, 0.25) is 0 Å². The second-order valence-corrected chi connectivity index (χ2v) is 6.18. The zero-order valence-electron chi connectivity index (χ0n) is 13.5. The fourth-order valence-electron chi connectivity index (χ4n) is 3.09. The Kier molecular flexibility index (Phi) is 3.82. The van der Waals surface area contributed by atoms with Crippen molar-refractivity contribution in [2.75, 3.05) is 19.6 Å². The van der Waals surface area contributed by atoms with Crippen LogP contribution in [-0.4, -0.2) is 50.0 Å². The highest BCUT2D eigenvalue weighted by molar-refractivity contribution is 5.92. The summed E-state index contributed by atoms with van der Waals surface area (Å²) in [5.41, 5.74) is 2.88. The smallest absolute Gasteiger partial charge is 0.271 e. The van der Waals surface area contributed by atoms with Crippen LogP contribution in [0.15, 0.2) is 36.8 Å². The van der Waals surface area contributed by atoms with E-state index in [9.17, 15) is 4.79 Å². The highest BCUT2D eigenvalue weighted by atomic mass is 16.1. The average Bonchev–Trinajstić information content (AvgIpc) is 3.38. The summed E-state index contributed by atoms with van der Waals surface area (Å²) < 4.78 is 1.83. The third-order valence-corrected chi connectivity index (χ3v) is 4.46. The van der Waals surface area contributed by atoms with Crippen LogP contribution in [0.5, 0.6) is 0 Å². The summed E-state index contributed by atoms with van der Waals surface area (Å²) in [5, 5.41) is 18.7. The van der Waals surface area contributed by atoms with Crippen LogP contribution >= 0.6 is 0 Å². The normalized spacial score (nSPS) is 16.9. The van der Waals surface area contributed by atoms with Gasteiger partial charge in [0.25, 0.3) is 5.91 Å². The number of aromatic nitrogens is 4. The summed E-state index contributed by atoms with van der Waals surface area (Å²) >= 11 is 0. The van der Waals surface area contributed by atoms with Crippen LogP contribution in [0.3, 0.4) is 0 Å². The summed E-state index contributed by atoms with van der Waals surface area (Å²) in [6, 6.07) is 5.68. The molecule has 1 atom stereocenters. The molecule has 4 rings (SSSR count). The molecule has 1 aliphatic rings. The number of H-pyrrole nitrogens is 1. The Morgan fingerprint density at radius 1 is 1.40 bits per heavy atom. The monoisotopic (exact) mass is 335 g/mol. The first kappa shape index (κ1) is 15.2. The molecule has 0 aliphatic carbocycles. The van der Waals surface area contributed by atoms with Crippen molar-refractivity contribution in [2.45, 2.75) is 6.42 Å². The van der Waals surface area contributed by atoms with Gasteiger partial charge in [-0.25, -0.2) is 4.98 Å². The van der Waals surface area contributed by atoms with Gasteiger partial charge in [-0.15, -0.1) is 0 Å². The topological polar surface area (TPSA) is 102 Å². The van der Waals surface area contributed by atoms with Crippen molar-refractivity contribution in [3.05, 3.63) is 42.5 Å². The number of aromatic amines is 1. The highest BCUT2D eigenvalue weighted by Gasteiger charge is 2.22. The molecule has 4 heterocycles. The SMILES string of the molecule is N#CN1CCC(CNC(=O)c2cn3cc(-c4cc[nH]n4)ccc3n2)C1. The zero-order chi connectivity index (χ0) is 17.2. The quantitative estimate of drug-likeness (QED) is 0.699. The van der Waals surface area contributed by atoms with E-state index in [0.717, 1.165) is 24.2 Å². The molecule has 1 amide bonds. The van der Waals surface area contributed by atoms with Gasteiger partial charge in [-0.05, 0) is 30.5 Å². The lowest BCUT2D eigenvalue weighted by atomic mass is 10.1. The third-order valence-electron chi connectivity index (χ3n) is 4.46. The van der Waals surface area contributed by atoms with E-state index in [4.69, 9.17) is 5.26 Å². The number of likely N-dealkylation sites (tertiary alicyclic amines) is 1. The number of nitrogens with one attached hydrogen (secondary N) is 2. The predicted molar refractivity (Wildman–Crippen MR) is 90.4 cm³/mol. The molecule has 8 nitrogen and oxygen atoms in total. The van der Waals surface area contributed by atoms with Crippen LogP contribution in [0.2, 0.25) is 0 Å². The van der Waals surface area contributed by atoms with Crippen molar-refractivity contribution in [3.63, 3.8) is 0 Å². The molecule has 0 aromatic carbocycles. The molecular weight excluding hydrogens is 318 g/mol. The number of carbonyl (C=O) groups excluding carboxylic acids is 1. The summed E-state index contributed by atoms with van der Waals surface area (Å²) in [7, 11) is 0. The van der Waals surface area contributed by atoms with Crippen LogP contribution in [0.25, 0.3) is 16.9 Å².